The van der Waals surface area contributed by atoms with Gasteiger partial charge in [0.15, 0.2) is 6.29 Å². The Hall–Kier alpha value is -1.95. The molecule has 1 aromatic carbocycles. The molecule has 0 spiro atoms. The lowest BCUT2D eigenvalue weighted by molar-refractivity contribution is 0.111. The van der Waals surface area contributed by atoms with Crippen LogP contribution in [0.15, 0.2) is 47.2 Å². The number of aromatic nitrogens is 2. The number of pyridine rings is 2. The van der Waals surface area contributed by atoms with E-state index in [4.69, 9.17) is 27.9 Å². The molecule has 7 heteroatoms. The average Bonchev–Trinajstić information content (AvgIpc) is 2.64. The largest absolute Gasteiger partial charge is 0.494 e. The maximum Gasteiger partial charge on any atom is 0.168 e. The normalized spacial score (nSPS) is 10.6. The topological polar surface area (TPSA) is 52.1 Å². The van der Waals surface area contributed by atoms with Crippen LogP contribution in [-0.4, -0.2) is 23.4 Å². The molecule has 3 aromatic rings. The van der Waals surface area contributed by atoms with Crippen LogP contribution in [0.2, 0.25) is 10.0 Å². The molecular weight excluding hydrogens is 427 g/mol. The van der Waals surface area contributed by atoms with E-state index in [0.29, 0.717) is 44.6 Å². The summed E-state index contributed by atoms with van der Waals surface area (Å²) in [7, 11) is 1.54. The number of halogens is 3. The third-order valence-electron chi connectivity index (χ3n) is 3.61. The predicted molar refractivity (Wildman–Crippen MR) is 103 cm³/mol. The molecule has 0 amide bonds. The van der Waals surface area contributed by atoms with Gasteiger partial charge in [0.25, 0.3) is 0 Å². The smallest absolute Gasteiger partial charge is 0.168 e. The highest BCUT2D eigenvalue weighted by molar-refractivity contribution is 9.10. The second kappa shape index (κ2) is 7.52. The lowest BCUT2D eigenvalue weighted by Crippen LogP contribution is -1.96. The summed E-state index contributed by atoms with van der Waals surface area (Å²) in [5.41, 5.74) is 2.91. The van der Waals surface area contributed by atoms with Gasteiger partial charge in [-0.2, -0.15) is 0 Å². The molecule has 0 aliphatic carbocycles. The number of carbonyl (C=O) groups is 1. The van der Waals surface area contributed by atoms with Crippen LogP contribution < -0.4 is 4.74 Å². The molecule has 0 fully saturated rings. The van der Waals surface area contributed by atoms with Gasteiger partial charge in [-0.05, 0) is 34.1 Å². The van der Waals surface area contributed by atoms with Gasteiger partial charge in [0, 0.05) is 27.4 Å². The van der Waals surface area contributed by atoms with Crippen LogP contribution in [0.5, 0.6) is 5.75 Å². The summed E-state index contributed by atoms with van der Waals surface area (Å²) in [6.07, 6.45) is 3.82. The van der Waals surface area contributed by atoms with E-state index in [1.54, 1.807) is 31.6 Å². The van der Waals surface area contributed by atoms with Gasteiger partial charge in [-0.25, -0.2) is 0 Å². The van der Waals surface area contributed by atoms with Crippen molar-refractivity contribution in [1.29, 1.82) is 0 Å². The van der Waals surface area contributed by atoms with Gasteiger partial charge in [-0.15, -0.1) is 0 Å². The molecule has 0 radical (unpaired) electrons. The van der Waals surface area contributed by atoms with Crippen LogP contribution in [0.4, 0.5) is 0 Å². The number of nitrogens with zero attached hydrogens (tertiary/aromatic N) is 2. The summed E-state index contributed by atoms with van der Waals surface area (Å²) in [4.78, 5) is 19.2. The molecule has 0 bridgehead atoms. The minimum atomic E-state index is 0.337. The van der Waals surface area contributed by atoms with Crippen molar-refractivity contribution in [3.63, 3.8) is 0 Å². The Morgan fingerprint density at radius 2 is 1.88 bits per heavy atom. The third-order valence-corrected chi connectivity index (χ3v) is 5.27. The fourth-order valence-corrected chi connectivity index (χ4v) is 3.33. The number of rotatable bonds is 4. The van der Waals surface area contributed by atoms with Crippen LogP contribution in [0.3, 0.4) is 0 Å². The molecule has 0 atom stereocenters. The maximum atomic E-state index is 10.8. The summed E-state index contributed by atoms with van der Waals surface area (Å²) in [5, 5.41) is 0.911. The van der Waals surface area contributed by atoms with Crippen LogP contribution in [-0.2, 0) is 0 Å². The SMILES string of the molecule is COc1cnc(-c2ccc(C=O)nc2)c(Cl)c1-c1cccc(Br)c1Cl. The molecule has 0 unspecified atom stereocenters. The van der Waals surface area contributed by atoms with Crippen molar-refractivity contribution in [2.45, 2.75) is 0 Å². The molecule has 4 nitrogen and oxygen atoms in total. The molecule has 0 aliphatic rings. The summed E-state index contributed by atoms with van der Waals surface area (Å²) in [5.74, 6) is 0.506. The van der Waals surface area contributed by atoms with Crippen molar-refractivity contribution in [3.8, 4) is 28.1 Å². The quantitative estimate of drug-likeness (QED) is 0.491. The van der Waals surface area contributed by atoms with Crippen molar-refractivity contribution < 1.29 is 9.53 Å². The van der Waals surface area contributed by atoms with Crippen LogP contribution in [0, 0.1) is 0 Å². The summed E-state index contributed by atoms with van der Waals surface area (Å²) in [6.45, 7) is 0. The number of benzene rings is 1. The van der Waals surface area contributed by atoms with Crippen molar-refractivity contribution in [3.05, 3.63) is 62.9 Å². The van der Waals surface area contributed by atoms with Gasteiger partial charge in [-0.1, -0.05) is 35.3 Å². The monoisotopic (exact) mass is 436 g/mol. The first-order valence-electron chi connectivity index (χ1n) is 7.15. The minimum absolute atomic E-state index is 0.337. The van der Waals surface area contributed by atoms with E-state index in [1.165, 1.54) is 0 Å². The van der Waals surface area contributed by atoms with Crippen LogP contribution >= 0.6 is 39.1 Å². The van der Waals surface area contributed by atoms with Crippen molar-refractivity contribution in [2.75, 3.05) is 7.11 Å². The van der Waals surface area contributed by atoms with Gasteiger partial charge < -0.3 is 4.74 Å². The predicted octanol–water partition coefficient (Wildman–Crippen LogP) is 5.70. The molecule has 0 saturated carbocycles. The fraction of sp³-hybridized carbons (Fsp3) is 0.0556. The molecule has 3 rings (SSSR count). The van der Waals surface area contributed by atoms with E-state index >= 15 is 0 Å². The van der Waals surface area contributed by atoms with Gasteiger partial charge in [-0.3, -0.25) is 14.8 Å². The fourth-order valence-electron chi connectivity index (χ4n) is 2.39. The highest BCUT2D eigenvalue weighted by atomic mass is 79.9. The Labute approximate surface area is 162 Å². The average molecular weight is 438 g/mol. The second-order valence-corrected chi connectivity index (χ2v) is 6.67. The van der Waals surface area contributed by atoms with E-state index in [0.717, 1.165) is 10.0 Å². The Bertz CT molecular complexity index is 947. The van der Waals surface area contributed by atoms with Crippen molar-refractivity contribution in [2.24, 2.45) is 0 Å². The minimum Gasteiger partial charge on any atom is -0.494 e. The molecular formula is C18H11BrCl2N2O2. The van der Waals surface area contributed by atoms with E-state index in [1.807, 2.05) is 18.2 Å². The highest BCUT2D eigenvalue weighted by Gasteiger charge is 2.20. The van der Waals surface area contributed by atoms with E-state index in [-0.39, 0.29) is 0 Å². The van der Waals surface area contributed by atoms with E-state index < -0.39 is 0 Å². The Kier molecular flexibility index (Phi) is 5.37. The van der Waals surface area contributed by atoms with Crippen LogP contribution in [0.1, 0.15) is 10.5 Å². The zero-order valence-corrected chi connectivity index (χ0v) is 16.1. The Balaban J connectivity index is 2.24. The standard InChI is InChI=1S/C18H11BrCl2N2O2/c1-25-14-8-23-18(10-5-6-11(9-24)22-7-10)17(21)15(14)12-3-2-4-13(19)16(12)20/h2-9H,1H3. The lowest BCUT2D eigenvalue weighted by Gasteiger charge is -2.15. The van der Waals surface area contributed by atoms with Crippen molar-refractivity contribution >= 4 is 45.4 Å². The van der Waals surface area contributed by atoms with Gasteiger partial charge in [0.05, 0.1) is 29.0 Å². The zero-order valence-electron chi connectivity index (χ0n) is 13.0. The first-order valence-corrected chi connectivity index (χ1v) is 8.70. The van der Waals surface area contributed by atoms with E-state index in [2.05, 4.69) is 25.9 Å². The maximum absolute atomic E-state index is 10.8. The van der Waals surface area contributed by atoms with Gasteiger partial charge >= 0.3 is 0 Å². The number of hydrogen-bond donors (Lipinski definition) is 0. The highest BCUT2D eigenvalue weighted by Crippen LogP contribution is 2.44. The number of carbonyl (C=O) groups excluding carboxylic acids is 1. The van der Waals surface area contributed by atoms with Crippen molar-refractivity contribution in [1.82, 2.24) is 9.97 Å². The molecule has 2 aromatic heterocycles. The molecule has 126 valence electrons. The second-order valence-electron chi connectivity index (χ2n) is 5.06. The third kappa shape index (κ3) is 3.40. The molecule has 0 N–H and O–H groups in total. The first kappa shape index (κ1) is 17.9. The number of ether oxygens (including phenoxy) is 1. The Morgan fingerprint density at radius 3 is 2.52 bits per heavy atom. The molecule has 0 saturated heterocycles. The molecule has 25 heavy (non-hydrogen) atoms. The lowest BCUT2D eigenvalue weighted by atomic mass is 10.0. The van der Waals surface area contributed by atoms with Crippen LogP contribution in [0.25, 0.3) is 22.4 Å². The number of hydrogen-bond acceptors (Lipinski definition) is 4. The summed E-state index contributed by atoms with van der Waals surface area (Å²) in [6, 6.07) is 8.91. The summed E-state index contributed by atoms with van der Waals surface area (Å²) < 4.78 is 6.17. The zero-order chi connectivity index (χ0) is 18.0. The molecule has 2 heterocycles. The Morgan fingerprint density at radius 1 is 1.08 bits per heavy atom. The van der Waals surface area contributed by atoms with Gasteiger partial charge in [0.1, 0.15) is 11.4 Å². The number of aldehydes is 1. The summed E-state index contributed by atoms with van der Waals surface area (Å²) >= 11 is 16.5. The first-order chi connectivity index (χ1) is 12.1. The molecule has 0 aliphatic heterocycles. The number of methoxy groups -OCH3 is 1. The van der Waals surface area contributed by atoms with E-state index in [9.17, 15) is 4.79 Å². The van der Waals surface area contributed by atoms with Gasteiger partial charge in [0.2, 0.25) is 0 Å².